The van der Waals surface area contributed by atoms with Gasteiger partial charge in [0, 0.05) is 16.3 Å². The molecule has 3 nitrogen and oxygen atoms in total. The maximum absolute atomic E-state index is 5.27. The first-order valence-corrected chi connectivity index (χ1v) is 17.8. The van der Waals surface area contributed by atoms with Crippen LogP contribution in [0.25, 0.3) is 82.7 Å². The summed E-state index contributed by atoms with van der Waals surface area (Å²) in [7, 11) is 0. The normalized spacial score (nSPS) is 12.2. The van der Waals surface area contributed by atoms with Crippen LogP contribution in [0.2, 0.25) is 0 Å². The highest BCUT2D eigenvalue weighted by atomic mass is 15.2. The predicted molar refractivity (Wildman–Crippen MR) is 218 cm³/mol. The molecule has 0 bridgehead atoms. The minimum absolute atomic E-state index is 0.947. The highest BCUT2D eigenvalue weighted by molar-refractivity contribution is 6.24. The Balaban J connectivity index is 1.28. The summed E-state index contributed by atoms with van der Waals surface area (Å²) in [6.45, 7) is 0. The summed E-state index contributed by atoms with van der Waals surface area (Å²) in [5.74, 6) is 0.947. The van der Waals surface area contributed by atoms with Crippen LogP contribution < -0.4 is 4.90 Å². The van der Waals surface area contributed by atoms with Gasteiger partial charge < -0.3 is 4.90 Å². The topological polar surface area (TPSA) is 21.1 Å². The minimum atomic E-state index is 0.947. The number of aromatic nitrogens is 2. The van der Waals surface area contributed by atoms with Crippen molar-refractivity contribution in [3.05, 3.63) is 188 Å². The first-order chi connectivity index (χ1) is 25.8. The number of anilines is 3. The van der Waals surface area contributed by atoms with Crippen molar-refractivity contribution in [2.45, 2.75) is 0 Å². The van der Waals surface area contributed by atoms with Crippen LogP contribution >= 0.6 is 0 Å². The van der Waals surface area contributed by atoms with Crippen molar-refractivity contribution in [3.8, 4) is 39.3 Å². The zero-order valence-corrected chi connectivity index (χ0v) is 28.2. The predicted octanol–water partition coefficient (Wildman–Crippen LogP) is 13.3. The lowest BCUT2D eigenvalue weighted by Crippen LogP contribution is -2.19. The number of rotatable bonds is 4. The van der Waals surface area contributed by atoms with Gasteiger partial charge in [0.2, 0.25) is 0 Å². The van der Waals surface area contributed by atoms with E-state index in [2.05, 4.69) is 198 Å². The molecule has 0 radical (unpaired) electrons. The lowest BCUT2D eigenvalue weighted by atomic mass is 9.87. The third-order valence-electron chi connectivity index (χ3n) is 10.7. The van der Waals surface area contributed by atoms with Gasteiger partial charge in [0.25, 0.3) is 0 Å². The number of imidazole rings is 1. The Morgan fingerprint density at radius 2 is 1.00 bits per heavy atom. The van der Waals surface area contributed by atoms with Gasteiger partial charge in [-0.2, -0.15) is 0 Å². The molecule has 0 aliphatic carbocycles. The van der Waals surface area contributed by atoms with E-state index in [0.717, 1.165) is 39.5 Å². The van der Waals surface area contributed by atoms with Crippen LogP contribution in [-0.2, 0) is 0 Å². The molecule has 3 heteroatoms. The van der Waals surface area contributed by atoms with Crippen LogP contribution in [0, 0.1) is 0 Å². The van der Waals surface area contributed by atoms with E-state index >= 15 is 0 Å². The standard InChI is InChI=1S/C49H31N3/c1-3-14-32(15-4-1)36-28-29-39-41(31-36)47(40-21-10-9-20-38(40)46(39)37-27-26-33-16-7-8-19-35(33)30-37)51-43-23-11-12-24-44(43)52-48-42(22-13-25-45(48)51)50-49(52)34-17-5-2-6-18-34/h1-31H. The molecule has 2 heterocycles. The summed E-state index contributed by atoms with van der Waals surface area (Å²) in [5.41, 5.74) is 12.5. The fourth-order valence-corrected chi connectivity index (χ4v) is 8.38. The van der Waals surface area contributed by atoms with Crippen LogP contribution in [0.5, 0.6) is 0 Å². The first kappa shape index (κ1) is 28.8. The number of para-hydroxylation sites is 3. The number of hydrogen-bond donors (Lipinski definition) is 0. The molecule has 11 rings (SSSR count). The zero-order chi connectivity index (χ0) is 34.2. The van der Waals surface area contributed by atoms with Gasteiger partial charge in [0.05, 0.1) is 33.8 Å². The Morgan fingerprint density at radius 1 is 0.365 bits per heavy atom. The maximum Gasteiger partial charge on any atom is 0.145 e. The summed E-state index contributed by atoms with van der Waals surface area (Å²) < 4.78 is 2.36. The Bertz CT molecular complexity index is 3010. The summed E-state index contributed by atoms with van der Waals surface area (Å²) in [4.78, 5) is 7.77. The highest BCUT2D eigenvalue weighted by Crippen LogP contribution is 2.54. The minimum Gasteiger partial charge on any atom is -0.305 e. The lowest BCUT2D eigenvalue weighted by molar-refractivity contribution is 1.07. The molecule has 0 atom stereocenters. The van der Waals surface area contributed by atoms with Crippen LogP contribution in [0.15, 0.2) is 188 Å². The van der Waals surface area contributed by atoms with Gasteiger partial charge in [-0.15, -0.1) is 0 Å². The highest BCUT2D eigenvalue weighted by Gasteiger charge is 2.32. The van der Waals surface area contributed by atoms with E-state index in [9.17, 15) is 0 Å². The van der Waals surface area contributed by atoms with E-state index in [1.165, 1.54) is 60.3 Å². The van der Waals surface area contributed by atoms with Crippen molar-refractivity contribution in [2.75, 3.05) is 4.90 Å². The Hall–Kier alpha value is -6.97. The van der Waals surface area contributed by atoms with Gasteiger partial charge in [-0.3, -0.25) is 4.57 Å². The van der Waals surface area contributed by atoms with Crippen molar-refractivity contribution in [3.63, 3.8) is 0 Å². The molecule has 242 valence electrons. The van der Waals surface area contributed by atoms with Crippen molar-refractivity contribution in [1.29, 1.82) is 0 Å². The average Bonchev–Trinajstić information content (AvgIpc) is 3.62. The molecule has 0 amide bonds. The molecule has 0 saturated heterocycles. The number of nitrogens with zero attached hydrogens (tertiary/aromatic N) is 3. The van der Waals surface area contributed by atoms with E-state index < -0.39 is 0 Å². The van der Waals surface area contributed by atoms with E-state index in [1.807, 2.05) is 0 Å². The summed E-state index contributed by atoms with van der Waals surface area (Å²) in [6.07, 6.45) is 0. The summed E-state index contributed by atoms with van der Waals surface area (Å²) in [5, 5.41) is 7.32. The second-order valence-electron chi connectivity index (χ2n) is 13.6. The molecule has 0 fully saturated rings. The van der Waals surface area contributed by atoms with E-state index in [0.29, 0.717) is 0 Å². The average molecular weight is 662 g/mol. The largest absolute Gasteiger partial charge is 0.305 e. The van der Waals surface area contributed by atoms with Crippen LogP contribution in [0.3, 0.4) is 0 Å². The number of hydrogen-bond acceptors (Lipinski definition) is 2. The second kappa shape index (κ2) is 11.3. The molecule has 1 aromatic heterocycles. The van der Waals surface area contributed by atoms with Crippen LogP contribution in [-0.4, -0.2) is 9.55 Å². The molecule has 10 aromatic rings. The number of fused-ring (bicyclic) bond motifs is 5. The number of benzene rings is 9. The molecule has 52 heavy (non-hydrogen) atoms. The molecule has 1 aliphatic rings. The molecule has 0 N–H and O–H groups in total. The molecule has 0 unspecified atom stereocenters. The van der Waals surface area contributed by atoms with Crippen LogP contribution in [0.1, 0.15) is 0 Å². The smallest absolute Gasteiger partial charge is 0.145 e. The molecule has 0 saturated carbocycles. The van der Waals surface area contributed by atoms with Crippen molar-refractivity contribution in [2.24, 2.45) is 0 Å². The molecule has 0 spiro atoms. The van der Waals surface area contributed by atoms with E-state index in [1.54, 1.807) is 0 Å². The van der Waals surface area contributed by atoms with Crippen molar-refractivity contribution in [1.82, 2.24) is 9.55 Å². The fraction of sp³-hybridized carbons (Fsp3) is 0. The van der Waals surface area contributed by atoms with E-state index in [4.69, 9.17) is 4.98 Å². The van der Waals surface area contributed by atoms with Gasteiger partial charge in [0.15, 0.2) is 0 Å². The fourth-order valence-electron chi connectivity index (χ4n) is 8.38. The Labute approximate surface area is 301 Å². The van der Waals surface area contributed by atoms with Gasteiger partial charge >= 0.3 is 0 Å². The lowest BCUT2D eigenvalue weighted by Gasteiger charge is -2.35. The monoisotopic (exact) mass is 661 g/mol. The first-order valence-electron chi connectivity index (χ1n) is 17.8. The molecular formula is C49H31N3. The van der Waals surface area contributed by atoms with Gasteiger partial charge in [-0.05, 0) is 80.2 Å². The Morgan fingerprint density at radius 3 is 1.83 bits per heavy atom. The van der Waals surface area contributed by atoms with Crippen molar-refractivity contribution >= 4 is 60.4 Å². The van der Waals surface area contributed by atoms with Crippen molar-refractivity contribution < 1.29 is 0 Å². The van der Waals surface area contributed by atoms with Gasteiger partial charge in [-0.25, -0.2) is 4.98 Å². The van der Waals surface area contributed by atoms with Crippen LogP contribution in [0.4, 0.5) is 17.1 Å². The maximum atomic E-state index is 5.27. The quantitative estimate of drug-likeness (QED) is 0.175. The molecular weight excluding hydrogens is 631 g/mol. The molecule has 1 aliphatic heterocycles. The summed E-state index contributed by atoms with van der Waals surface area (Å²) in [6, 6.07) is 68.1. The van der Waals surface area contributed by atoms with E-state index in [-0.39, 0.29) is 0 Å². The molecule has 9 aromatic carbocycles. The Kier molecular flexibility index (Phi) is 6.25. The van der Waals surface area contributed by atoms with Gasteiger partial charge in [0.1, 0.15) is 5.82 Å². The second-order valence-corrected chi connectivity index (χ2v) is 13.6. The third-order valence-corrected chi connectivity index (χ3v) is 10.7. The zero-order valence-electron chi connectivity index (χ0n) is 28.2. The summed E-state index contributed by atoms with van der Waals surface area (Å²) >= 11 is 0. The third kappa shape index (κ3) is 4.23. The van der Waals surface area contributed by atoms with Gasteiger partial charge in [-0.1, -0.05) is 152 Å². The SMILES string of the molecule is c1ccc(-c2ccc3c(-c4ccc5ccccc5c4)c4ccccc4c(N4c5ccccc5-n5c(-c6ccccc6)nc6cccc4c65)c3c2)cc1.